The minimum atomic E-state index is -0.937. The fraction of sp³-hybridized carbons (Fsp3) is 0.333. The van der Waals surface area contributed by atoms with Gasteiger partial charge in [-0.1, -0.05) is 13.5 Å². The fourth-order valence-electron chi connectivity index (χ4n) is 1.36. The SMILES string of the molecule is C=C(CN(CC)Cc1ccncc1)C(=O)O. The lowest BCUT2D eigenvalue weighted by atomic mass is 10.2. The molecule has 0 radical (unpaired) electrons. The van der Waals surface area contributed by atoms with E-state index in [4.69, 9.17) is 5.11 Å². The number of aliphatic carboxylic acids is 1. The van der Waals surface area contributed by atoms with Crippen LogP contribution in [0.4, 0.5) is 0 Å². The Kier molecular flexibility index (Phi) is 4.66. The summed E-state index contributed by atoms with van der Waals surface area (Å²) in [5.41, 5.74) is 1.34. The first-order chi connectivity index (χ1) is 7.63. The van der Waals surface area contributed by atoms with Crippen molar-refractivity contribution in [3.63, 3.8) is 0 Å². The third-order valence-corrected chi connectivity index (χ3v) is 2.32. The molecule has 0 saturated heterocycles. The van der Waals surface area contributed by atoms with E-state index in [0.717, 1.165) is 12.1 Å². The van der Waals surface area contributed by atoms with Gasteiger partial charge >= 0.3 is 5.97 Å². The molecule has 1 heterocycles. The monoisotopic (exact) mass is 220 g/mol. The van der Waals surface area contributed by atoms with Crippen molar-refractivity contribution in [3.8, 4) is 0 Å². The Hall–Kier alpha value is -1.68. The van der Waals surface area contributed by atoms with Gasteiger partial charge in [0.15, 0.2) is 0 Å². The van der Waals surface area contributed by atoms with Crippen molar-refractivity contribution in [1.29, 1.82) is 0 Å². The number of carbonyl (C=O) groups is 1. The van der Waals surface area contributed by atoms with E-state index < -0.39 is 5.97 Å². The molecule has 1 rings (SSSR count). The number of carboxylic acid groups (broad SMARTS) is 1. The molecule has 4 heteroatoms. The molecule has 0 unspecified atom stereocenters. The van der Waals surface area contributed by atoms with Crippen LogP contribution in [0.2, 0.25) is 0 Å². The number of pyridine rings is 1. The van der Waals surface area contributed by atoms with Gasteiger partial charge in [-0.15, -0.1) is 0 Å². The van der Waals surface area contributed by atoms with E-state index >= 15 is 0 Å². The van der Waals surface area contributed by atoms with Crippen LogP contribution >= 0.6 is 0 Å². The van der Waals surface area contributed by atoms with Crippen molar-refractivity contribution in [2.45, 2.75) is 13.5 Å². The molecule has 1 aromatic heterocycles. The zero-order valence-electron chi connectivity index (χ0n) is 9.39. The summed E-state index contributed by atoms with van der Waals surface area (Å²) < 4.78 is 0. The first-order valence-electron chi connectivity index (χ1n) is 5.15. The van der Waals surface area contributed by atoms with Crippen molar-refractivity contribution in [3.05, 3.63) is 42.2 Å². The molecule has 0 fully saturated rings. The summed E-state index contributed by atoms with van der Waals surface area (Å²) in [6, 6.07) is 3.85. The van der Waals surface area contributed by atoms with Crippen molar-refractivity contribution in [2.75, 3.05) is 13.1 Å². The van der Waals surface area contributed by atoms with Crippen LogP contribution in [0.1, 0.15) is 12.5 Å². The van der Waals surface area contributed by atoms with Crippen LogP contribution in [0.25, 0.3) is 0 Å². The highest BCUT2D eigenvalue weighted by Crippen LogP contribution is 2.05. The summed E-state index contributed by atoms with van der Waals surface area (Å²) in [6.45, 7) is 7.41. The van der Waals surface area contributed by atoms with Gasteiger partial charge in [-0.3, -0.25) is 9.88 Å². The van der Waals surface area contributed by atoms with Gasteiger partial charge in [-0.25, -0.2) is 4.79 Å². The second kappa shape index (κ2) is 6.02. The summed E-state index contributed by atoms with van der Waals surface area (Å²) in [5.74, 6) is -0.937. The second-order valence-electron chi connectivity index (χ2n) is 3.57. The number of hydrogen-bond acceptors (Lipinski definition) is 3. The number of hydrogen-bond donors (Lipinski definition) is 1. The van der Waals surface area contributed by atoms with Crippen LogP contribution in [0.3, 0.4) is 0 Å². The van der Waals surface area contributed by atoms with E-state index in [9.17, 15) is 4.79 Å². The van der Waals surface area contributed by atoms with Gasteiger partial charge in [0.1, 0.15) is 0 Å². The molecule has 0 aliphatic heterocycles. The molecule has 0 spiro atoms. The lowest BCUT2D eigenvalue weighted by Gasteiger charge is -2.20. The Morgan fingerprint density at radius 1 is 1.50 bits per heavy atom. The minimum absolute atomic E-state index is 0.218. The Balaban J connectivity index is 2.56. The standard InChI is InChI=1S/C12H16N2O2/c1-3-14(8-10(2)12(15)16)9-11-4-6-13-7-5-11/h4-7H,2-3,8-9H2,1H3,(H,15,16). The molecular formula is C12H16N2O2. The third-order valence-electron chi connectivity index (χ3n) is 2.32. The maximum atomic E-state index is 10.7. The van der Waals surface area contributed by atoms with Gasteiger partial charge in [0.25, 0.3) is 0 Å². The fourth-order valence-corrected chi connectivity index (χ4v) is 1.36. The van der Waals surface area contributed by atoms with Gasteiger partial charge in [-0.2, -0.15) is 0 Å². The van der Waals surface area contributed by atoms with E-state index in [-0.39, 0.29) is 5.57 Å². The van der Waals surface area contributed by atoms with Gasteiger partial charge in [0.2, 0.25) is 0 Å². The Morgan fingerprint density at radius 3 is 2.62 bits per heavy atom. The van der Waals surface area contributed by atoms with Crippen molar-refractivity contribution >= 4 is 5.97 Å². The van der Waals surface area contributed by atoms with Crippen molar-refractivity contribution < 1.29 is 9.90 Å². The van der Waals surface area contributed by atoms with Crippen LogP contribution in [0, 0.1) is 0 Å². The summed E-state index contributed by atoms with van der Waals surface area (Å²) in [5, 5.41) is 8.76. The highest BCUT2D eigenvalue weighted by Gasteiger charge is 2.10. The van der Waals surface area contributed by atoms with Crippen LogP contribution in [-0.4, -0.2) is 34.0 Å². The third kappa shape index (κ3) is 3.82. The molecule has 4 nitrogen and oxygen atoms in total. The van der Waals surface area contributed by atoms with Crippen LogP contribution in [-0.2, 0) is 11.3 Å². The largest absolute Gasteiger partial charge is 0.478 e. The maximum absolute atomic E-state index is 10.7. The zero-order chi connectivity index (χ0) is 12.0. The van der Waals surface area contributed by atoms with Gasteiger partial charge in [-0.05, 0) is 24.2 Å². The van der Waals surface area contributed by atoms with Gasteiger partial charge < -0.3 is 5.11 Å². The van der Waals surface area contributed by atoms with Crippen LogP contribution < -0.4 is 0 Å². The highest BCUT2D eigenvalue weighted by atomic mass is 16.4. The number of likely N-dealkylation sites (N-methyl/N-ethyl adjacent to an activating group) is 1. The van der Waals surface area contributed by atoms with E-state index in [1.54, 1.807) is 12.4 Å². The molecular weight excluding hydrogens is 204 g/mol. The minimum Gasteiger partial charge on any atom is -0.478 e. The smallest absolute Gasteiger partial charge is 0.332 e. The Labute approximate surface area is 95.2 Å². The average molecular weight is 220 g/mol. The molecule has 0 aromatic carbocycles. The van der Waals surface area contributed by atoms with Crippen molar-refractivity contribution in [1.82, 2.24) is 9.88 Å². The summed E-state index contributed by atoms with van der Waals surface area (Å²) in [6.07, 6.45) is 3.46. The number of aromatic nitrogens is 1. The Morgan fingerprint density at radius 2 is 2.12 bits per heavy atom. The van der Waals surface area contributed by atoms with Crippen LogP contribution in [0.15, 0.2) is 36.7 Å². The molecule has 1 N–H and O–H groups in total. The van der Waals surface area contributed by atoms with E-state index in [1.165, 1.54) is 0 Å². The average Bonchev–Trinajstić information content (AvgIpc) is 2.29. The molecule has 0 atom stereocenters. The molecule has 0 saturated carbocycles. The second-order valence-corrected chi connectivity index (χ2v) is 3.57. The molecule has 86 valence electrons. The topological polar surface area (TPSA) is 53.4 Å². The van der Waals surface area contributed by atoms with Crippen molar-refractivity contribution in [2.24, 2.45) is 0 Å². The summed E-state index contributed by atoms with van der Waals surface area (Å²) in [7, 11) is 0. The van der Waals surface area contributed by atoms with E-state index in [0.29, 0.717) is 13.1 Å². The predicted molar refractivity (Wildman–Crippen MR) is 62.0 cm³/mol. The molecule has 1 aromatic rings. The summed E-state index contributed by atoms with van der Waals surface area (Å²) in [4.78, 5) is 16.6. The van der Waals surface area contributed by atoms with Gasteiger partial charge in [0.05, 0.1) is 0 Å². The first-order valence-corrected chi connectivity index (χ1v) is 5.15. The molecule has 0 aliphatic rings. The van der Waals surface area contributed by atoms with E-state index in [2.05, 4.69) is 11.6 Å². The maximum Gasteiger partial charge on any atom is 0.332 e. The lowest BCUT2D eigenvalue weighted by molar-refractivity contribution is -0.132. The quantitative estimate of drug-likeness (QED) is 0.739. The Bertz CT molecular complexity index is 363. The lowest BCUT2D eigenvalue weighted by Crippen LogP contribution is -2.27. The van der Waals surface area contributed by atoms with E-state index in [1.807, 2.05) is 24.0 Å². The zero-order valence-corrected chi connectivity index (χ0v) is 9.39. The molecule has 16 heavy (non-hydrogen) atoms. The predicted octanol–water partition coefficient (Wildman–Crippen LogP) is 1.54. The summed E-state index contributed by atoms with van der Waals surface area (Å²) >= 11 is 0. The number of rotatable bonds is 6. The number of nitrogens with zero attached hydrogens (tertiary/aromatic N) is 2. The highest BCUT2D eigenvalue weighted by molar-refractivity contribution is 5.86. The normalized spacial score (nSPS) is 10.4. The molecule has 0 aliphatic carbocycles. The van der Waals surface area contributed by atoms with Gasteiger partial charge in [0, 0.05) is 31.1 Å². The number of carboxylic acids is 1. The molecule has 0 bridgehead atoms. The molecule has 0 amide bonds. The van der Waals surface area contributed by atoms with Crippen LogP contribution in [0.5, 0.6) is 0 Å². The first kappa shape index (κ1) is 12.4.